The average Bonchev–Trinajstić information content (AvgIpc) is 3.41. The van der Waals surface area contributed by atoms with Crippen molar-refractivity contribution in [1.29, 1.82) is 0 Å². The maximum absolute atomic E-state index is 12.8. The molecule has 0 radical (unpaired) electrons. The maximum Gasteiger partial charge on any atom is 0.306 e. The highest BCUT2D eigenvalue weighted by Crippen LogP contribution is 2.16. The monoisotopic (exact) mass is 1040 g/mol. The lowest BCUT2D eigenvalue weighted by Crippen LogP contribution is -2.30. The lowest BCUT2D eigenvalue weighted by Gasteiger charge is -2.18. The predicted molar refractivity (Wildman–Crippen MR) is 325 cm³/mol. The second kappa shape index (κ2) is 62.9. The van der Waals surface area contributed by atoms with Crippen molar-refractivity contribution in [1.82, 2.24) is 0 Å². The SMILES string of the molecule is CC/C=C\C/C=C\C/C=C\C/C=C\C/C=C\C/C=C\C/C=C\CCCCCCCCCCCCCCCC(=O)OCC(COC(=O)CCCCCCCCCCCC)OC(=O)CCCCCCC/C=C\CCCCC. The second-order valence-corrected chi connectivity index (χ2v) is 20.9. The first-order chi connectivity index (χ1) is 37.0. The summed E-state index contributed by atoms with van der Waals surface area (Å²) in [7, 11) is 0. The van der Waals surface area contributed by atoms with Crippen LogP contribution in [0.3, 0.4) is 0 Å². The van der Waals surface area contributed by atoms with Gasteiger partial charge in [-0.2, -0.15) is 0 Å². The summed E-state index contributed by atoms with van der Waals surface area (Å²) in [4.78, 5) is 38.1. The minimum Gasteiger partial charge on any atom is -0.462 e. The van der Waals surface area contributed by atoms with Crippen molar-refractivity contribution in [2.45, 2.75) is 309 Å². The molecule has 1 atom stereocenters. The fraction of sp³-hybridized carbons (Fsp3) is 0.725. The van der Waals surface area contributed by atoms with Gasteiger partial charge in [-0.3, -0.25) is 14.4 Å². The summed E-state index contributed by atoms with van der Waals surface area (Å²) in [6.07, 6.45) is 84.3. The summed E-state index contributed by atoms with van der Waals surface area (Å²) in [5, 5.41) is 0. The maximum atomic E-state index is 12.8. The van der Waals surface area contributed by atoms with Gasteiger partial charge in [-0.15, -0.1) is 0 Å². The summed E-state index contributed by atoms with van der Waals surface area (Å²) in [6.45, 7) is 6.49. The van der Waals surface area contributed by atoms with Crippen LogP contribution in [0.1, 0.15) is 303 Å². The molecule has 0 spiro atoms. The van der Waals surface area contributed by atoms with Crippen molar-refractivity contribution in [2.75, 3.05) is 13.2 Å². The zero-order valence-corrected chi connectivity index (χ0v) is 49.3. The van der Waals surface area contributed by atoms with Gasteiger partial charge in [0, 0.05) is 19.3 Å². The molecule has 430 valence electrons. The van der Waals surface area contributed by atoms with Crippen LogP contribution >= 0.6 is 0 Å². The third kappa shape index (κ3) is 61.1. The van der Waals surface area contributed by atoms with Crippen molar-refractivity contribution in [2.24, 2.45) is 0 Å². The molecule has 0 saturated carbocycles. The van der Waals surface area contributed by atoms with E-state index >= 15 is 0 Å². The second-order valence-electron chi connectivity index (χ2n) is 20.9. The summed E-state index contributed by atoms with van der Waals surface area (Å²) in [5.74, 6) is -0.881. The van der Waals surface area contributed by atoms with Crippen molar-refractivity contribution >= 4 is 17.9 Å². The molecular formula is C69H118O6. The molecule has 0 aromatic rings. The number of hydrogen-bond acceptors (Lipinski definition) is 6. The molecule has 0 aromatic heterocycles. The highest BCUT2D eigenvalue weighted by atomic mass is 16.6. The molecule has 0 aliphatic heterocycles. The quantitative estimate of drug-likeness (QED) is 0.0261. The van der Waals surface area contributed by atoms with Crippen molar-refractivity contribution in [3.05, 3.63) is 97.2 Å². The van der Waals surface area contributed by atoms with Crippen LogP contribution in [-0.4, -0.2) is 37.2 Å². The Hall–Kier alpha value is -3.67. The van der Waals surface area contributed by atoms with E-state index in [4.69, 9.17) is 14.2 Å². The van der Waals surface area contributed by atoms with Crippen LogP contribution in [0.2, 0.25) is 0 Å². The molecule has 1 unspecified atom stereocenters. The molecule has 0 aliphatic rings. The first-order valence-corrected chi connectivity index (χ1v) is 31.7. The van der Waals surface area contributed by atoms with Gasteiger partial charge in [-0.05, 0) is 103 Å². The average molecular weight is 1040 g/mol. The fourth-order valence-electron chi connectivity index (χ4n) is 8.83. The van der Waals surface area contributed by atoms with Gasteiger partial charge in [-0.25, -0.2) is 0 Å². The van der Waals surface area contributed by atoms with Crippen LogP contribution in [0.25, 0.3) is 0 Å². The molecule has 6 heteroatoms. The molecule has 0 aliphatic carbocycles. The Morgan fingerprint density at radius 2 is 0.520 bits per heavy atom. The van der Waals surface area contributed by atoms with E-state index < -0.39 is 6.10 Å². The van der Waals surface area contributed by atoms with E-state index in [0.29, 0.717) is 19.3 Å². The van der Waals surface area contributed by atoms with Gasteiger partial charge in [0.2, 0.25) is 0 Å². The molecule has 75 heavy (non-hydrogen) atoms. The van der Waals surface area contributed by atoms with E-state index in [2.05, 4.69) is 118 Å². The Balaban J connectivity index is 4.07. The van der Waals surface area contributed by atoms with Gasteiger partial charge in [-0.1, -0.05) is 279 Å². The Morgan fingerprint density at radius 1 is 0.280 bits per heavy atom. The van der Waals surface area contributed by atoms with Crippen LogP contribution in [0, 0.1) is 0 Å². The largest absolute Gasteiger partial charge is 0.462 e. The van der Waals surface area contributed by atoms with Gasteiger partial charge in [0.1, 0.15) is 13.2 Å². The standard InChI is InChI=1S/C69H118O6/c1-4-7-10-13-16-19-22-24-25-26-27-28-29-30-31-32-33-34-35-36-37-38-39-40-41-42-43-44-45-46-48-50-53-56-59-62-68(71)74-65-66(64-73-67(70)61-58-55-52-49-21-18-15-12-9-6-3)75-69(72)63-60-57-54-51-47-23-20-17-14-11-8-5-2/h7,10,16-17,19-20,24-25,27-28,30-31,33-34,36-37,66H,4-6,8-9,11-15,18,21-23,26,29,32,35,38-65H2,1-3H3/b10-7-,19-16-,20-17-,25-24-,28-27-,31-30-,34-33-,37-36-. The van der Waals surface area contributed by atoms with Gasteiger partial charge < -0.3 is 14.2 Å². The molecule has 0 saturated heterocycles. The van der Waals surface area contributed by atoms with Gasteiger partial charge in [0.25, 0.3) is 0 Å². The highest BCUT2D eigenvalue weighted by Gasteiger charge is 2.19. The van der Waals surface area contributed by atoms with E-state index in [9.17, 15) is 14.4 Å². The van der Waals surface area contributed by atoms with Gasteiger partial charge >= 0.3 is 17.9 Å². The third-order valence-electron chi connectivity index (χ3n) is 13.6. The molecule has 0 rings (SSSR count). The normalized spacial score (nSPS) is 12.7. The van der Waals surface area contributed by atoms with Crippen molar-refractivity contribution < 1.29 is 28.6 Å². The molecule has 0 fully saturated rings. The molecule has 0 aromatic carbocycles. The van der Waals surface area contributed by atoms with Crippen LogP contribution < -0.4 is 0 Å². The first kappa shape index (κ1) is 71.3. The number of unbranched alkanes of at least 4 members (excludes halogenated alkanes) is 30. The minimum atomic E-state index is -0.778. The van der Waals surface area contributed by atoms with Crippen molar-refractivity contribution in [3.8, 4) is 0 Å². The molecule has 0 amide bonds. The number of carbonyl (C=O) groups is 3. The lowest BCUT2D eigenvalue weighted by atomic mass is 10.0. The molecular weight excluding hydrogens is 925 g/mol. The molecule has 0 heterocycles. The van der Waals surface area contributed by atoms with E-state index in [1.54, 1.807) is 0 Å². The van der Waals surface area contributed by atoms with E-state index in [-0.39, 0.29) is 31.1 Å². The van der Waals surface area contributed by atoms with Gasteiger partial charge in [0.15, 0.2) is 6.10 Å². The minimum absolute atomic E-state index is 0.0767. The Kier molecular flexibility index (Phi) is 59.8. The van der Waals surface area contributed by atoms with Crippen molar-refractivity contribution in [3.63, 3.8) is 0 Å². The predicted octanol–water partition coefficient (Wildman–Crippen LogP) is 21.7. The lowest BCUT2D eigenvalue weighted by molar-refractivity contribution is -0.167. The molecule has 0 bridgehead atoms. The summed E-state index contributed by atoms with van der Waals surface area (Å²) in [6, 6.07) is 0. The fourth-order valence-corrected chi connectivity index (χ4v) is 8.83. The zero-order valence-electron chi connectivity index (χ0n) is 49.3. The Bertz CT molecular complexity index is 1480. The number of hydrogen-bond donors (Lipinski definition) is 0. The molecule has 0 N–H and O–H groups in total. The number of carbonyl (C=O) groups excluding carboxylic acids is 3. The molecule has 6 nitrogen and oxygen atoms in total. The zero-order chi connectivity index (χ0) is 54.3. The number of rotatable bonds is 57. The third-order valence-corrected chi connectivity index (χ3v) is 13.6. The Morgan fingerprint density at radius 3 is 0.853 bits per heavy atom. The Labute approximate surface area is 464 Å². The van der Waals surface area contributed by atoms with Crippen LogP contribution in [-0.2, 0) is 28.6 Å². The van der Waals surface area contributed by atoms with E-state index in [1.165, 1.54) is 148 Å². The van der Waals surface area contributed by atoms with Crippen LogP contribution in [0.15, 0.2) is 97.2 Å². The summed E-state index contributed by atoms with van der Waals surface area (Å²) in [5.41, 5.74) is 0. The number of esters is 3. The number of ether oxygens (including phenoxy) is 3. The van der Waals surface area contributed by atoms with Crippen LogP contribution in [0.4, 0.5) is 0 Å². The smallest absolute Gasteiger partial charge is 0.306 e. The number of allylic oxidation sites excluding steroid dienone is 16. The van der Waals surface area contributed by atoms with Gasteiger partial charge in [0.05, 0.1) is 0 Å². The highest BCUT2D eigenvalue weighted by molar-refractivity contribution is 5.71. The van der Waals surface area contributed by atoms with E-state index in [0.717, 1.165) is 116 Å². The topological polar surface area (TPSA) is 78.9 Å². The summed E-state index contributed by atoms with van der Waals surface area (Å²) >= 11 is 0. The van der Waals surface area contributed by atoms with Crippen LogP contribution in [0.5, 0.6) is 0 Å². The van der Waals surface area contributed by atoms with E-state index in [1.807, 2.05) is 0 Å². The first-order valence-electron chi connectivity index (χ1n) is 31.7. The summed E-state index contributed by atoms with van der Waals surface area (Å²) < 4.78 is 16.8.